The molecule has 2 aromatic rings. The number of carbonyl (C=O) groups is 2. The van der Waals surface area contributed by atoms with Crippen molar-refractivity contribution in [2.45, 2.75) is 27.3 Å². The fourth-order valence-corrected chi connectivity index (χ4v) is 2.59. The van der Waals surface area contributed by atoms with Crippen LogP contribution in [0.3, 0.4) is 0 Å². The maximum Gasteiger partial charge on any atom is 0.251 e. The number of benzene rings is 2. The van der Waals surface area contributed by atoms with Gasteiger partial charge in [0.05, 0.1) is 19.8 Å². The Morgan fingerprint density at radius 3 is 1.86 bits per heavy atom. The summed E-state index contributed by atoms with van der Waals surface area (Å²) in [7, 11) is 0. The molecule has 0 radical (unpaired) electrons. The predicted octanol–water partition coefficient (Wildman–Crippen LogP) is 2.91. The molecule has 0 aliphatic heterocycles. The number of hydrogen-bond acceptors (Lipinski definition) is 5. The van der Waals surface area contributed by atoms with Crippen molar-refractivity contribution in [1.82, 2.24) is 5.32 Å². The van der Waals surface area contributed by atoms with Crippen LogP contribution in [0.1, 0.15) is 47.1 Å². The van der Waals surface area contributed by atoms with Crippen molar-refractivity contribution >= 4 is 11.8 Å². The van der Waals surface area contributed by atoms with Gasteiger partial charge in [0.2, 0.25) is 11.7 Å². The Morgan fingerprint density at radius 2 is 1.39 bits per heavy atom. The Hall–Kier alpha value is -3.22. The molecule has 28 heavy (non-hydrogen) atoms. The Labute approximate surface area is 164 Å². The number of primary amides is 1. The number of ether oxygens (including phenoxy) is 3. The quantitative estimate of drug-likeness (QED) is 0.654. The van der Waals surface area contributed by atoms with Crippen LogP contribution in [0.25, 0.3) is 0 Å². The number of hydrogen-bond donors (Lipinski definition) is 2. The zero-order chi connectivity index (χ0) is 20.5. The average Bonchev–Trinajstić information content (AvgIpc) is 2.69. The Morgan fingerprint density at radius 1 is 0.857 bits per heavy atom. The first-order chi connectivity index (χ1) is 13.5. The molecule has 0 aliphatic carbocycles. The van der Waals surface area contributed by atoms with Gasteiger partial charge in [-0.3, -0.25) is 9.59 Å². The molecule has 3 N–H and O–H groups in total. The second kappa shape index (κ2) is 10.2. The van der Waals surface area contributed by atoms with Gasteiger partial charge >= 0.3 is 0 Å². The molecule has 0 bridgehead atoms. The molecule has 0 aromatic heterocycles. The highest BCUT2D eigenvalue weighted by atomic mass is 16.5. The summed E-state index contributed by atoms with van der Waals surface area (Å²) in [5, 5.41) is 2.85. The topological polar surface area (TPSA) is 99.9 Å². The molecule has 0 atom stereocenters. The lowest BCUT2D eigenvalue weighted by molar-refractivity contribution is 0.0948. The van der Waals surface area contributed by atoms with Crippen molar-refractivity contribution in [3.05, 3.63) is 53.1 Å². The van der Waals surface area contributed by atoms with Gasteiger partial charge in [-0.25, -0.2) is 0 Å². The maximum absolute atomic E-state index is 12.6. The Kier molecular flexibility index (Phi) is 7.68. The lowest BCUT2D eigenvalue weighted by Gasteiger charge is -2.17. The predicted molar refractivity (Wildman–Crippen MR) is 106 cm³/mol. The van der Waals surface area contributed by atoms with Gasteiger partial charge in [-0.05, 0) is 50.6 Å². The maximum atomic E-state index is 12.6. The van der Waals surface area contributed by atoms with E-state index >= 15 is 0 Å². The first-order valence-electron chi connectivity index (χ1n) is 9.23. The van der Waals surface area contributed by atoms with Crippen LogP contribution in [0.2, 0.25) is 0 Å². The fourth-order valence-electron chi connectivity index (χ4n) is 2.59. The van der Waals surface area contributed by atoms with Gasteiger partial charge in [0, 0.05) is 17.7 Å². The van der Waals surface area contributed by atoms with Crippen molar-refractivity contribution < 1.29 is 23.8 Å². The largest absolute Gasteiger partial charge is 0.490 e. The van der Waals surface area contributed by atoms with Gasteiger partial charge in [-0.15, -0.1) is 0 Å². The standard InChI is InChI=1S/C21H26N2O5/c1-4-26-17-11-16(12-18(27-5-2)19(17)28-6-3)21(25)23-13-14-7-9-15(10-8-14)20(22)24/h7-12H,4-6,13H2,1-3H3,(H2,22,24)(H,23,25). The van der Waals surface area contributed by atoms with Crippen LogP contribution < -0.4 is 25.3 Å². The summed E-state index contributed by atoms with van der Waals surface area (Å²) in [6.07, 6.45) is 0. The minimum absolute atomic E-state index is 0.274. The van der Waals surface area contributed by atoms with E-state index in [1.165, 1.54) is 0 Å². The van der Waals surface area contributed by atoms with E-state index in [4.69, 9.17) is 19.9 Å². The van der Waals surface area contributed by atoms with Crippen molar-refractivity contribution in [3.63, 3.8) is 0 Å². The first kappa shape index (κ1) is 21.1. The molecular weight excluding hydrogens is 360 g/mol. The SMILES string of the molecule is CCOc1cc(C(=O)NCc2ccc(C(N)=O)cc2)cc(OCC)c1OCC. The highest BCUT2D eigenvalue weighted by molar-refractivity contribution is 5.95. The minimum atomic E-state index is -0.489. The lowest BCUT2D eigenvalue weighted by Crippen LogP contribution is -2.23. The smallest absolute Gasteiger partial charge is 0.251 e. The van der Waals surface area contributed by atoms with E-state index in [1.54, 1.807) is 36.4 Å². The number of rotatable bonds is 10. The third-order valence-electron chi connectivity index (χ3n) is 3.86. The van der Waals surface area contributed by atoms with Crippen LogP contribution in [-0.2, 0) is 6.54 Å². The Bertz CT molecular complexity index is 791. The summed E-state index contributed by atoms with van der Waals surface area (Å²) >= 11 is 0. The zero-order valence-corrected chi connectivity index (χ0v) is 16.4. The number of nitrogens with two attached hydrogens (primary N) is 1. The lowest BCUT2D eigenvalue weighted by atomic mass is 10.1. The van der Waals surface area contributed by atoms with Crippen molar-refractivity contribution in [3.8, 4) is 17.2 Å². The van der Waals surface area contributed by atoms with Gasteiger partial charge in [-0.1, -0.05) is 12.1 Å². The summed E-state index contributed by atoms with van der Waals surface area (Å²) < 4.78 is 16.9. The third-order valence-corrected chi connectivity index (χ3v) is 3.86. The van der Waals surface area contributed by atoms with E-state index in [0.717, 1.165) is 5.56 Å². The van der Waals surface area contributed by atoms with E-state index in [2.05, 4.69) is 5.32 Å². The monoisotopic (exact) mass is 386 g/mol. The molecule has 7 heteroatoms. The summed E-state index contributed by atoms with van der Waals surface area (Å²) in [6.45, 7) is 7.21. The van der Waals surface area contributed by atoms with Crippen LogP contribution >= 0.6 is 0 Å². The first-order valence-corrected chi connectivity index (χ1v) is 9.23. The molecule has 2 aromatic carbocycles. The highest BCUT2D eigenvalue weighted by Crippen LogP contribution is 2.39. The second-order valence-corrected chi connectivity index (χ2v) is 5.84. The molecule has 0 heterocycles. The second-order valence-electron chi connectivity index (χ2n) is 5.84. The molecule has 2 rings (SSSR count). The Balaban J connectivity index is 2.19. The molecule has 2 amide bonds. The van der Waals surface area contributed by atoms with E-state index < -0.39 is 5.91 Å². The third kappa shape index (κ3) is 5.39. The molecule has 0 unspecified atom stereocenters. The van der Waals surface area contributed by atoms with Crippen molar-refractivity contribution in [2.75, 3.05) is 19.8 Å². The van der Waals surface area contributed by atoms with Crippen LogP contribution in [0.15, 0.2) is 36.4 Å². The summed E-state index contributed by atoms with van der Waals surface area (Å²) in [5.74, 6) is 0.656. The van der Waals surface area contributed by atoms with Crippen LogP contribution in [0.4, 0.5) is 0 Å². The van der Waals surface area contributed by atoms with Crippen molar-refractivity contribution in [1.29, 1.82) is 0 Å². The van der Waals surface area contributed by atoms with Gasteiger partial charge < -0.3 is 25.3 Å². The molecule has 0 fully saturated rings. The highest BCUT2D eigenvalue weighted by Gasteiger charge is 2.18. The number of nitrogens with one attached hydrogen (secondary N) is 1. The van der Waals surface area contributed by atoms with E-state index in [1.807, 2.05) is 20.8 Å². The van der Waals surface area contributed by atoms with Gasteiger partial charge in [0.25, 0.3) is 5.91 Å². The van der Waals surface area contributed by atoms with Crippen LogP contribution in [-0.4, -0.2) is 31.6 Å². The molecule has 7 nitrogen and oxygen atoms in total. The van der Waals surface area contributed by atoms with E-state index in [9.17, 15) is 9.59 Å². The number of carbonyl (C=O) groups excluding carboxylic acids is 2. The van der Waals surface area contributed by atoms with Crippen LogP contribution in [0.5, 0.6) is 17.2 Å². The minimum Gasteiger partial charge on any atom is -0.490 e. The van der Waals surface area contributed by atoms with Crippen LogP contribution in [0, 0.1) is 0 Å². The molecule has 0 spiro atoms. The molecule has 0 aliphatic rings. The van der Waals surface area contributed by atoms with Gasteiger partial charge in [0.15, 0.2) is 11.5 Å². The average molecular weight is 386 g/mol. The van der Waals surface area contributed by atoms with Crippen molar-refractivity contribution in [2.24, 2.45) is 5.73 Å². The number of amides is 2. The summed E-state index contributed by atoms with van der Waals surface area (Å²) in [6, 6.07) is 10.0. The molecule has 150 valence electrons. The molecule has 0 saturated heterocycles. The fraction of sp³-hybridized carbons (Fsp3) is 0.333. The normalized spacial score (nSPS) is 10.2. The molecular formula is C21H26N2O5. The summed E-state index contributed by atoms with van der Waals surface area (Å²) in [5.41, 5.74) is 6.90. The zero-order valence-electron chi connectivity index (χ0n) is 16.4. The van der Waals surface area contributed by atoms with Gasteiger partial charge in [-0.2, -0.15) is 0 Å². The van der Waals surface area contributed by atoms with E-state index in [0.29, 0.717) is 54.7 Å². The van der Waals surface area contributed by atoms with Gasteiger partial charge in [0.1, 0.15) is 0 Å². The molecule has 0 saturated carbocycles. The summed E-state index contributed by atoms with van der Waals surface area (Å²) in [4.78, 5) is 23.8. The van der Waals surface area contributed by atoms with E-state index in [-0.39, 0.29) is 5.91 Å².